The van der Waals surface area contributed by atoms with Crippen LogP contribution in [0, 0.1) is 17.0 Å². The molecule has 0 spiro atoms. The van der Waals surface area contributed by atoms with E-state index < -0.39 is 0 Å². The molecule has 2 rings (SSSR count). The lowest BCUT2D eigenvalue weighted by molar-refractivity contribution is -0.479. The van der Waals surface area contributed by atoms with Gasteiger partial charge in [-0.2, -0.15) is 0 Å². The van der Waals surface area contributed by atoms with E-state index in [2.05, 4.69) is 18.2 Å². The lowest BCUT2D eigenvalue weighted by atomic mass is 10.1. The Balaban J connectivity index is 2.44. The fraction of sp³-hybridized carbons (Fsp3) is 0.333. The van der Waals surface area contributed by atoms with Gasteiger partial charge in [-0.25, -0.2) is 0 Å². The van der Waals surface area contributed by atoms with Gasteiger partial charge in [-0.15, -0.1) is 0 Å². The number of rotatable bonds is 3. The van der Waals surface area contributed by atoms with E-state index in [0.29, 0.717) is 6.42 Å². The van der Waals surface area contributed by atoms with Gasteiger partial charge < -0.3 is 4.57 Å². The zero-order valence-corrected chi connectivity index (χ0v) is 9.43. The van der Waals surface area contributed by atoms with E-state index >= 15 is 0 Å². The average molecular weight is 218 g/mol. The summed E-state index contributed by atoms with van der Waals surface area (Å²) in [6.07, 6.45) is 2.47. The topological polar surface area (TPSA) is 48.1 Å². The highest BCUT2D eigenvalue weighted by molar-refractivity contribution is 5.84. The van der Waals surface area contributed by atoms with Crippen LogP contribution < -0.4 is 0 Å². The number of fused-ring (bicyclic) bond motifs is 1. The fourth-order valence-corrected chi connectivity index (χ4v) is 2.00. The third kappa shape index (κ3) is 1.91. The van der Waals surface area contributed by atoms with Crippen LogP contribution in [-0.4, -0.2) is 16.0 Å². The lowest BCUT2D eigenvalue weighted by Crippen LogP contribution is -2.03. The SMILES string of the molecule is Cc1ccc2c(c1)c(CC[N+](=O)[O-])cn2C. The lowest BCUT2D eigenvalue weighted by Gasteiger charge is -1.97. The fourth-order valence-electron chi connectivity index (χ4n) is 2.00. The molecule has 0 radical (unpaired) electrons. The van der Waals surface area contributed by atoms with Crippen molar-refractivity contribution in [3.8, 4) is 0 Å². The third-order valence-electron chi connectivity index (χ3n) is 2.79. The number of nitrogens with zero attached hydrogens (tertiary/aromatic N) is 2. The van der Waals surface area contributed by atoms with Crippen molar-refractivity contribution in [3.05, 3.63) is 45.6 Å². The quantitative estimate of drug-likeness (QED) is 0.586. The van der Waals surface area contributed by atoms with Crippen LogP contribution >= 0.6 is 0 Å². The second-order valence-corrected chi connectivity index (χ2v) is 4.09. The molecule has 16 heavy (non-hydrogen) atoms. The molecular formula is C12H14N2O2. The second kappa shape index (κ2) is 3.96. The van der Waals surface area contributed by atoms with Crippen molar-refractivity contribution in [1.82, 2.24) is 4.57 Å². The summed E-state index contributed by atoms with van der Waals surface area (Å²) in [7, 11) is 1.97. The van der Waals surface area contributed by atoms with Gasteiger partial charge in [0.25, 0.3) is 0 Å². The molecule has 0 atom stereocenters. The molecule has 1 aromatic carbocycles. The number of hydrogen-bond donors (Lipinski definition) is 0. The van der Waals surface area contributed by atoms with Crippen molar-refractivity contribution >= 4 is 10.9 Å². The zero-order valence-electron chi connectivity index (χ0n) is 9.43. The minimum atomic E-state index is -0.269. The number of benzene rings is 1. The Hall–Kier alpha value is -1.84. The molecule has 0 saturated heterocycles. The molecule has 2 aromatic rings. The molecule has 0 fully saturated rings. The largest absolute Gasteiger partial charge is 0.350 e. The molecule has 0 saturated carbocycles. The summed E-state index contributed by atoms with van der Waals surface area (Å²) in [5.41, 5.74) is 3.36. The average Bonchev–Trinajstić information content (AvgIpc) is 2.52. The van der Waals surface area contributed by atoms with Gasteiger partial charge in [0.15, 0.2) is 0 Å². The van der Waals surface area contributed by atoms with Crippen molar-refractivity contribution in [2.24, 2.45) is 7.05 Å². The normalized spacial score (nSPS) is 10.9. The van der Waals surface area contributed by atoms with Gasteiger partial charge in [0.2, 0.25) is 6.54 Å². The van der Waals surface area contributed by atoms with E-state index in [4.69, 9.17) is 0 Å². The molecule has 0 N–H and O–H groups in total. The molecule has 1 aromatic heterocycles. The third-order valence-corrected chi connectivity index (χ3v) is 2.79. The molecule has 0 bridgehead atoms. The number of aryl methyl sites for hydroxylation is 2. The van der Waals surface area contributed by atoms with E-state index in [0.717, 1.165) is 16.5 Å². The summed E-state index contributed by atoms with van der Waals surface area (Å²) in [5.74, 6) is 0. The molecule has 0 aliphatic rings. The molecule has 84 valence electrons. The minimum absolute atomic E-state index is 0.00689. The molecule has 4 heteroatoms. The Bertz CT molecular complexity index is 543. The second-order valence-electron chi connectivity index (χ2n) is 4.09. The standard InChI is InChI=1S/C12H14N2O2/c1-9-3-4-12-11(7-9)10(8-13(12)2)5-6-14(15)16/h3-4,7-8H,5-6H2,1-2H3. The van der Waals surface area contributed by atoms with E-state index in [1.165, 1.54) is 5.56 Å². The maximum absolute atomic E-state index is 10.4. The number of aromatic nitrogens is 1. The molecule has 4 nitrogen and oxygen atoms in total. The van der Waals surface area contributed by atoms with E-state index in [-0.39, 0.29) is 11.5 Å². The van der Waals surface area contributed by atoms with E-state index in [9.17, 15) is 10.1 Å². The van der Waals surface area contributed by atoms with Crippen molar-refractivity contribution in [3.63, 3.8) is 0 Å². The monoisotopic (exact) mass is 218 g/mol. The first kappa shape index (κ1) is 10.7. The predicted molar refractivity (Wildman–Crippen MR) is 63.2 cm³/mol. The zero-order chi connectivity index (χ0) is 11.7. The van der Waals surface area contributed by atoms with Gasteiger partial charge in [-0.3, -0.25) is 10.1 Å². The highest BCUT2D eigenvalue weighted by Gasteiger charge is 2.08. The van der Waals surface area contributed by atoms with Crippen LogP contribution in [0.15, 0.2) is 24.4 Å². The number of hydrogen-bond acceptors (Lipinski definition) is 2. The number of nitro groups is 1. The molecule has 0 amide bonds. The summed E-state index contributed by atoms with van der Waals surface area (Å²) >= 11 is 0. The van der Waals surface area contributed by atoms with Crippen LogP contribution in [0.25, 0.3) is 10.9 Å². The first-order valence-corrected chi connectivity index (χ1v) is 5.24. The van der Waals surface area contributed by atoms with Gasteiger partial charge in [0, 0.05) is 35.5 Å². The van der Waals surface area contributed by atoms with Gasteiger partial charge in [-0.1, -0.05) is 11.6 Å². The summed E-state index contributed by atoms with van der Waals surface area (Å²) < 4.78 is 2.02. The highest BCUT2D eigenvalue weighted by atomic mass is 16.6. The Labute approximate surface area is 93.6 Å². The Kier molecular flexibility index (Phi) is 2.64. The first-order chi connectivity index (χ1) is 7.58. The molecule has 0 aliphatic heterocycles. The van der Waals surface area contributed by atoms with Crippen LogP contribution in [0.1, 0.15) is 11.1 Å². The van der Waals surface area contributed by atoms with Gasteiger partial charge >= 0.3 is 0 Å². The Morgan fingerprint density at radius 3 is 2.88 bits per heavy atom. The summed E-state index contributed by atoms with van der Waals surface area (Å²) in [5, 5.41) is 11.5. The highest BCUT2D eigenvalue weighted by Crippen LogP contribution is 2.22. The Morgan fingerprint density at radius 1 is 1.44 bits per heavy atom. The molecule has 1 heterocycles. The van der Waals surface area contributed by atoms with Crippen molar-refractivity contribution in [1.29, 1.82) is 0 Å². The molecule has 0 aliphatic carbocycles. The predicted octanol–water partition coefficient (Wildman–Crippen LogP) is 2.31. The van der Waals surface area contributed by atoms with Crippen LogP contribution in [0.4, 0.5) is 0 Å². The van der Waals surface area contributed by atoms with Crippen LogP contribution in [-0.2, 0) is 13.5 Å². The summed E-state index contributed by atoms with van der Waals surface area (Å²) in [4.78, 5) is 10.1. The maximum atomic E-state index is 10.4. The smallest absolute Gasteiger partial charge is 0.207 e. The van der Waals surface area contributed by atoms with Crippen LogP contribution in [0.5, 0.6) is 0 Å². The van der Waals surface area contributed by atoms with Gasteiger partial charge in [-0.05, 0) is 24.6 Å². The summed E-state index contributed by atoms with van der Waals surface area (Å²) in [6, 6.07) is 6.20. The first-order valence-electron chi connectivity index (χ1n) is 5.24. The Morgan fingerprint density at radius 2 is 2.19 bits per heavy atom. The minimum Gasteiger partial charge on any atom is -0.350 e. The van der Waals surface area contributed by atoms with Crippen molar-refractivity contribution < 1.29 is 4.92 Å². The van der Waals surface area contributed by atoms with Crippen LogP contribution in [0.2, 0.25) is 0 Å². The van der Waals surface area contributed by atoms with Crippen LogP contribution in [0.3, 0.4) is 0 Å². The van der Waals surface area contributed by atoms with E-state index in [1.807, 2.05) is 24.7 Å². The van der Waals surface area contributed by atoms with E-state index in [1.54, 1.807) is 0 Å². The molecule has 0 unspecified atom stereocenters. The van der Waals surface area contributed by atoms with Gasteiger partial charge in [0.05, 0.1) is 0 Å². The maximum Gasteiger partial charge on any atom is 0.207 e. The summed E-state index contributed by atoms with van der Waals surface area (Å²) in [6.45, 7) is 2.02. The van der Waals surface area contributed by atoms with Crippen molar-refractivity contribution in [2.45, 2.75) is 13.3 Å². The molecular weight excluding hydrogens is 204 g/mol. The van der Waals surface area contributed by atoms with Gasteiger partial charge in [0.1, 0.15) is 0 Å². The van der Waals surface area contributed by atoms with Crippen molar-refractivity contribution in [2.75, 3.05) is 6.54 Å².